The second kappa shape index (κ2) is 6.79. The van der Waals surface area contributed by atoms with E-state index in [1.807, 2.05) is 20.8 Å². The largest absolute Gasteiger partial charge is 0.396 e. The van der Waals surface area contributed by atoms with Gasteiger partial charge < -0.3 is 16.2 Å². The van der Waals surface area contributed by atoms with Crippen LogP contribution < -0.4 is 11.1 Å². The first-order valence-electron chi connectivity index (χ1n) is 5.14. The van der Waals surface area contributed by atoms with E-state index in [4.69, 9.17) is 10.8 Å². The van der Waals surface area contributed by atoms with Crippen molar-refractivity contribution >= 4 is 5.91 Å². The van der Waals surface area contributed by atoms with Crippen molar-refractivity contribution in [1.29, 1.82) is 0 Å². The lowest BCUT2D eigenvalue weighted by Crippen LogP contribution is -2.45. The Bertz CT molecular complexity index is 172. The van der Waals surface area contributed by atoms with E-state index in [9.17, 15) is 4.79 Å². The standard InChI is InChI=1S/C10H22N2O2/c1-7(2)6-9(11)10(14)12-8(3)4-5-13/h7-9,13H,4-6,11H2,1-3H3,(H,12,14). The minimum Gasteiger partial charge on any atom is -0.396 e. The van der Waals surface area contributed by atoms with Gasteiger partial charge in [0.2, 0.25) is 5.91 Å². The van der Waals surface area contributed by atoms with Crippen molar-refractivity contribution in [3.05, 3.63) is 0 Å². The highest BCUT2D eigenvalue weighted by molar-refractivity contribution is 5.81. The molecule has 0 bridgehead atoms. The van der Waals surface area contributed by atoms with Gasteiger partial charge in [-0.05, 0) is 25.7 Å². The van der Waals surface area contributed by atoms with Crippen LogP contribution in [0.2, 0.25) is 0 Å². The predicted molar refractivity (Wildman–Crippen MR) is 56.7 cm³/mol. The number of rotatable bonds is 6. The van der Waals surface area contributed by atoms with Crippen LogP contribution in [-0.4, -0.2) is 29.7 Å². The van der Waals surface area contributed by atoms with Gasteiger partial charge in [0.15, 0.2) is 0 Å². The number of aliphatic hydroxyl groups is 1. The third-order valence-corrected chi connectivity index (χ3v) is 2.01. The summed E-state index contributed by atoms with van der Waals surface area (Å²) in [5.41, 5.74) is 5.69. The number of amides is 1. The molecular weight excluding hydrogens is 180 g/mol. The summed E-state index contributed by atoms with van der Waals surface area (Å²) in [5.74, 6) is 0.295. The summed E-state index contributed by atoms with van der Waals surface area (Å²) < 4.78 is 0. The summed E-state index contributed by atoms with van der Waals surface area (Å²) in [6.45, 7) is 6.01. The summed E-state index contributed by atoms with van der Waals surface area (Å²) in [6.07, 6.45) is 1.26. The molecule has 84 valence electrons. The number of nitrogens with two attached hydrogens (primary N) is 1. The van der Waals surface area contributed by atoms with Gasteiger partial charge in [-0.15, -0.1) is 0 Å². The van der Waals surface area contributed by atoms with Crippen molar-refractivity contribution in [1.82, 2.24) is 5.32 Å². The van der Waals surface area contributed by atoms with Gasteiger partial charge in [0, 0.05) is 12.6 Å². The van der Waals surface area contributed by atoms with Crippen molar-refractivity contribution < 1.29 is 9.90 Å². The first kappa shape index (κ1) is 13.4. The number of hydrogen-bond donors (Lipinski definition) is 3. The highest BCUT2D eigenvalue weighted by Gasteiger charge is 2.16. The summed E-state index contributed by atoms with van der Waals surface area (Å²) in [5, 5.41) is 11.4. The molecule has 0 heterocycles. The number of carbonyl (C=O) groups is 1. The fourth-order valence-electron chi connectivity index (χ4n) is 1.23. The Morgan fingerprint density at radius 2 is 2.00 bits per heavy atom. The maximum Gasteiger partial charge on any atom is 0.237 e. The van der Waals surface area contributed by atoms with Gasteiger partial charge in [-0.1, -0.05) is 13.8 Å². The summed E-state index contributed by atoms with van der Waals surface area (Å²) in [7, 11) is 0. The highest BCUT2D eigenvalue weighted by atomic mass is 16.3. The first-order valence-corrected chi connectivity index (χ1v) is 5.14. The van der Waals surface area contributed by atoms with Crippen LogP contribution in [0.3, 0.4) is 0 Å². The Balaban J connectivity index is 3.82. The van der Waals surface area contributed by atoms with Gasteiger partial charge in [0.1, 0.15) is 0 Å². The third kappa shape index (κ3) is 5.94. The summed E-state index contributed by atoms with van der Waals surface area (Å²) >= 11 is 0. The molecule has 0 fully saturated rings. The zero-order chi connectivity index (χ0) is 11.1. The number of hydrogen-bond acceptors (Lipinski definition) is 3. The molecule has 0 saturated heterocycles. The smallest absolute Gasteiger partial charge is 0.237 e. The summed E-state index contributed by atoms with van der Waals surface area (Å²) in [6, 6.07) is -0.443. The molecule has 0 radical (unpaired) electrons. The molecule has 0 aliphatic carbocycles. The van der Waals surface area contributed by atoms with Gasteiger partial charge in [-0.25, -0.2) is 0 Å². The van der Waals surface area contributed by atoms with Crippen LogP contribution in [0, 0.1) is 5.92 Å². The fraction of sp³-hybridized carbons (Fsp3) is 0.900. The average molecular weight is 202 g/mol. The van der Waals surface area contributed by atoms with Crippen LogP contribution in [0.5, 0.6) is 0 Å². The van der Waals surface area contributed by atoms with E-state index in [-0.39, 0.29) is 18.6 Å². The molecule has 0 saturated carbocycles. The molecule has 2 unspecified atom stereocenters. The third-order valence-electron chi connectivity index (χ3n) is 2.01. The predicted octanol–water partition coefficient (Wildman–Crippen LogP) is 0.247. The zero-order valence-corrected chi connectivity index (χ0v) is 9.29. The lowest BCUT2D eigenvalue weighted by molar-refractivity contribution is -0.123. The van der Waals surface area contributed by atoms with Crippen LogP contribution >= 0.6 is 0 Å². The van der Waals surface area contributed by atoms with Crippen LogP contribution in [-0.2, 0) is 4.79 Å². The highest BCUT2D eigenvalue weighted by Crippen LogP contribution is 2.03. The minimum atomic E-state index is -0.434. The SMILES string of the molecule is CC(C)CC(N)C(=O)NC(C)CCO. The molecular formula is C10H22N2O2. The fourth-order valence-corrected chi connectivity index (χ4v) is 1.23. The lowest BCUT2D eigenvalue weighted by atomic mass is 10.0. The first-order chi connectivity index (χ1) is 6.47. The molecule has 0 aliphatic heterocycles. The molecule has 14 heavy (non-hydrogen) atoms. The lowest BCUT2D eigenvalue weighted by Gasteiger charge is -2.17. The van der Waals surface area contributed by atoms with Gasteiger partial charge in [-0.2, -0.15) is 0 Å². The molecule has 0 aliphatic rings. The molecule has 2 atom stereocenters. The maximum atomic E-state index is 11.4. The molecule has 0 aromatic carbocycles. The molecule has 0 spiro atoms. The molecule has 0 aromatic rings. The van der Waals surface area contributed by atoms with Crippen LogP contribution in [0.15, 0.2) is 0 Å². The van der Waals surface area contributed by atoms with E-state index < -0.39 is 6.04 Å². The summed E-state index contributed by atoms with van der Waals surface area (Å²) in [4.78, 5) is 11.4. The van der Waals surface area contributed by atoms with Crippen LogP contribution in [0.4, 0.5) is 0 Å². The molecule has 4 N–H and O–H groups in total. The Kier molecular flexibility index (Phi) is 6.49. The maximum absolute atomic E-state index is 11.4. The van der Waals surface area contributed by atoms with Crippen LogP contribution in [0.25, 0.3) is 0 Å². The normalized spacial score (nSPS) is 15.3. The van der Waals surface area contributed by atoms with E-state index in [1.165, 1.54) is 0 Å². The molecule has 4 nitrogen and oxygen atoms in total. The average Bonchev–Trinajstić information content (AvgIpc) is 2.02. The quantitative estimate of drug-likeness (QED) is 0.578. The Labute approximate surface area is 85.9 Å². The van der Waals surface area contributed by atoms with Gasteiger partial charge in [-0.3, -0.25) is 4.79 Å². The van der Waals surface area contributed by atoms with E-state index in [0.29, 0.717) is 18.8 Å². The van der Waals surface area contributed by atoms with Crippen molar-refractivity contribution in [3.8, 4) is 0 Å². The van der Waals surface area contributed by atoms with E-state index >= 15 is 0 Å². The Morgan fingerprint density at radius 1 is 1.43 bits per heavy atom. The monoisotopic (exact) mass is 202 g/mol. The van der Waals surface area contributed by atoms with Crippen molar-refractivity contribution in [3.63, 3.8) is 0 Å². The number of aliphatic hydroxyl groups excluding tert-OH is 1. The van der Waals surface area contributed by atoms with E-state index in [1.54, 1.807) is 0 Å². The van der Waals surface area contributed by atoms with Crippen molar-refractivity contribution in [2.75, 3.05) is 6.61 Å². The minimum absolute atomic E-state index is 0.00860. The van der Waals surface area contributed by atoms with E-state index in [0.717, 1.165) is 0 Å². The zero-order valence-electron chi connectivity index (χ0n) is 9.29. The number of carbonyl (C=O) groups excluding carboxylic acids is 1. The number of nitrogens with one attached hydrogen (secondary N) is 1. The van der Waals surface area contributed by atoms with Gasteiger partial charge in [0.05, 0.1) is 6.04 Å². The Morgan fingerprint density at radius 3 is 2.43 bits per heavy atom. The van der Waals surface area contributed by atoms with Crippen molar-refractivity contribution in [2.45, 2.75) is 45.7 Å². The second-order valence-corrected chi connectivity index (χ2v) is 4.16. The second-order valence-electron chi connectivity index (χ2n) is 4.16. The van der Waals surface area contributed by atoms with Crippen LogP contribution in [0.1, 0.15) is 33.6 Å². The van der Waals surface area contributed by atoms with E-state index in [2.05, 4.69) is 5.32 Å². The molecule has 0 rings (SSSR count). The molecule has 4 heteroatoms. The van der Waals surface area contributed by atoms with Gasteiger partial charge >= 0.3 is 0 Å². The topological polar surface area (TPSA) is 75.4 Å². The molecule has 0 aromatic heterocycles. The van der Waals surface area contributed by atoms with Crippen molar-refractivity contribution in [2.24, 2.45) is 11.7 Å². The van der Waals surface area contributed by atoms with Gasteiger partial charge in [0.25, 0.3) is 0 Å². The Hall–Kier alpha value is -0.610. The molecule has 1 amide bonds.